The summed E-state index contributed by atoms with van der Waals surface area (Å²) in [5, 5.41) is 2.87. The van der Waals surface area contributed by atoms with Crippen LogP contribution in [0.3, 0.4) is 0 Å². The monoisotopic (exact) mass is 256 g/mol. The van der Waals surface area contributed by atoms with Crippen LogP contribution >= 0.6 is 0 Å². The molecule has 5 heteroatoms. The Morgan fingerprint density at radius 1 is 1.39 bits per heavy atom. The van der Waals surface area contributed by atoms with Gasteiger partial charge in [-0.05, 0) is 25.3 Å². The Hall–Kier alpha value is -1.10. The number of esters is 1. The number of ether oxygens (including phenoxy) is 1. The number of hydrogen-bond donors (Lipinski definition) is 1. The number of rotatable bonds is 5. The third-order valence-electron chi connectivity index (χ3n) is 3.14. The Kier molecular flexibility index (Phi) is 6.12. The molecule has 1 N–H and O–H groups in total. The van der Waals surface area contributed by atoms with Crippen LogP contribution in [0.2, 0.25) is 0 Å². The van der Waals surface area contributed by atoms with Crippen LogP contribution in [-0.4, -0.2) is 49.6 Å². The highest BCUT2D eigenvalue weighted by atomic mass is 16.5. The molecular weight excluding hydrogens is 232 g/mol. The molecule has 0 bridgehead atoms. The van der Waals surface area contributed by atoms with Gasteiger partial charge >= 0.3 is 5.97 Å². The summed E-state index contributed by atoms with van der Waals surface area (Å²) in [5.41, 5.74) is 0. The van der Waals surface area contributed by atoms with Crippen molar-refractivity contribution in [3.63, 3.8) is 0 Å². The molecule has 1 heterocycles. The minimum atomic E-state index is -0.256. The van der Waals surface area contributed by atoms with E-state index in [2.05, 4.69) is 19.2 Å². The van der Waals surface area contributed by atoms with E-state index in [4.69, 9.17) is 4.74 Å². The van der Waals surface area contributed by atoms with Gasteiger partial charge in [0.2, 0.25) is 5.91 Å². The molecule has 1 rings (SSSR count). The van der Waals surface area contributed by atoms with Gasteiger partial charge in [-0.3, -0.25) is 14.5 Å². The Morgan fingerprint density at radius 2 is 2.11 bits per heavy atom. The normalized spacial score (nSPS) is 20.8. The van der Waals surface area contributed by atoms with E-state index in [1.807, 2.05) is 4.90 Å². The average Bonchev–Trinajstić information content (AvgIpc) is 2.36. The number of piperidine rings is 1. The second-order valence-corrected chi connectivity index (χ2v) is 5.20. The quantitative estimate of drug-likeness (QED) is 0.739. The summed E-state index contributed by atoms with van der Waals surface area (Å²) in [7, 11) is 1.40. The Bertz CT molecular complexity index is 292. The van der Waals surface area contributed by atoms with Gasteiger partial charge in [0, 0.05) is 6.54 Å². The smallest absolute Gasteiger partial charge is 0.323 e. The zero-order valence-corrected chi connectivity index (χ0v) is 11.6. The summed E-state index contributed by atoms with van der Waals surface area (Å²) in [5.74, 6) is 0.192. The van der Waals surface area contributed by atoms with Crippen LogP contribution in [0.4, 0.5) is 0 Å². The third-order valence-corrected chi connectivity index (χ3v) is 3.14. The fraction of sp³-hybridized carbons (Fsp3) is 0.846. The predicted octanol–water partition coefficient (Wildman–Crippen LogP) is 0.786. The van der Waals surface area contributed by atoms with Gasteiger partial charge in [0.15, 0.2) is 0 Å². The number of carbonyl (C=O) groups excluding carboxylic acids is 2. The van der Waals surface area contributed by atoms with Crippen LogP contribution < -0.4 is 5.32 Å². The highest BCUT2D eigenvalue weighted by molar-refractivity contribution is 5.80. The van der Waals surface area contributed by atoms with Crippen LogP contribution in [-0.2, 0) is 14.3 Å². The molecule has 0 aromatic rings. The lowest BCUT2D eigenvalue weighted by Crippen LogP contribution is -2.49. The summed E-state index contributed by atoms with van der Waals surface area (Å²) in [6, 6.07) is -0.256. The van der Waals surface area contributed by atoms with Gasteiger partial charge in [0.05, 0.1) is 13.7 Å². The van der Waals surface area contributed by atoms with Crippen LogP contribution in [0.5, 0.6) is 0 Å². The van der Waals surface area contributed by atoms with E-state index >= 15 is 0 Å². The standard InChI is InChI=1S/C13H24N2O3/c1-10(2)8-14-12(16)9-15-7-5-4-6-11(15)13(17)18-3/h10-11H,4-9H2,1-3H3,(H,14,16)/t11-/m1/s1. The molecule has 104 valence electrons. The fourth-order valence-corrected chi connectivity index (χ4v) is 2.14. The second-order valence-electron chi connectivity index (χ2n) is 5.20. The molecule has 1 fully saturated rings. The van der Waals surface area contributed by atoms with Crippen LogP contribution in [0.1, 0.15) is 33.1 Å². The van der Waals surface area contributed by atoms with Gasteiger partial charge in [0.25, 0.3) is 0 Å². The minimum absolute atomic E-state index is 0.0143. The summed E-state index contributed by atoms with van der Waals surface area (Å²) in [6.45, 7) is 5.85. The van der Waals surface area contributed by atoms with Crippen molar-refractivity contribution in [1.29, 1.82) is 0 Å². The van der Waals surface area contributed by atoms with Gasteiger partial charge in [-0.1, -0.05) is 20.3 Å². The SMILES string of the molecule is COC(=O)[C@H]1CCCCN1CC(=O)NCC(C)C. The van der Waals surface area contributed by atoms with Crippen LogP contribution in [0, 0.1) is 5.92 Å². The zero-order chi connectivity index (χ0) is 13.5. The molecule has 1 aliphatic heterocycles. The molecule has 18 heavy (non-hydrogen) atoms. The lowest BCUT2D eigenvalue weighted by Gasteiger charge is -2.33. The Morgan fingerprint density at radius 3 is 2.72 bits per heavy atom. The van der Waals surface area contributed by atoms with E-state index in [0.29, 0.717) is 12.5 Å². The van der Waals surface area contributed by atoms with E-state index in [0.717, 1.165) is 25.8 Å². The van der Waals surface area contributed by atoms with Gasteiger partial charge < -0.3 is 10.1 Å². The first-order valence-electron chi connectivity index (χ1n) is 6.63. The first-order chi connectivity index (χ1) is 8.54. The predicted molar refractivity (Wildman–Crippen MR) is 69.1 cm³/mol. The minimum Gasteiger partial charge on any atom is -0.468 e. The Balaban J connectivity index is 2.46. The van der Waals surface area contributed by atoms with E-state index < -0.39 is 0 Å². The highest BCUT2D eigenvalue weighted by Gasteiger charge is 2.30. The fourth-order valence-electron chi connectivity index (χ4n) is 2.14. The largest absolute Gasteiger partial charge is 0.468 e. The third kappa shape index (κ3) is 4.64. The summed E-state index contributed by atoms with van der Waals surface area (Å²) < 4.78 is 4.79. The van der Waals surface area contributed by atoms with Gasteiger partial charge in [-0.15, -0.1) is 0 Å². The molecule has 1 aliphatic rings. The first-order valence-corrected chi connectivity index (χ1v) is 6.63. The summed E-state index contributed by atoms with van der Waals surface area (Å²) in [6.07, 6.45) is 2.83. The van der Waals surface area contributed by atoms with Gasteiger partial charge in [-0.2, -0.15) is 0 Å². The maximum atomic E-state index is 11.8. The van der Waals surface area contributed by atoms with Crippen molar-refractivity contribution in [1.82, 2.24) is 10.2 Å². The maximum absolute atomic E-state index is 11.8. The molecule has 0 aliphatic carbocycles. The summed E-state index contributed by atoms with van der Waals surface area (Å²) in [4.78, 5) is 25.3. The van der Waals surface area contributed by atoms with E-state index in [-0.39, 0.29) is 24.5 Å². The zero-order valence-electron chi connectivity index (χ0n) is 11.6. The lowest BCUT2D eigenvalue weighted by atomic mass is 10.0. The van der Waals surface area contributed by atoms with E-state index in [9.17, 15) is 9.59 Å². The topological polar surface area (TPSA) is 58.6 Å². The summed E-state index contributed by atoms with van der Waals surface area (Å²) >= 11 is 0. The highest BCUT2D eigenvalue weighted by Crippen LogP contribution is 2.17. The average molecular weight is 256 g/mol. The number of nitrogens with zero attached hydrogens (tertiary/aromatic N) is 1. The lowest BCUT2D eigenvalue weighted by molar-refractivity contribution is -0.148. The molecule has 0 unspecified atom stereocenters. The van der Waals surface area contributed by atoms with Crippen LogP contribution in [0.25, 0.3) is 0 Å². The first kappa shape index (κ1) is 15.0. The number of amides is 1. The molecule has 0 saturated carbocycles. The van der Waals surface area contributed by atoms with Gasteiger partial charge in [0.1, 0.15) is 6.04 Å². The number of hydrogen-bond acceptors (Lipinski definition) is 4. The van der Waals surface area contributed by atoms with Crippen LogP contribution in [0.15, 0.2) is 0 Å². The number of methoxy groups -OCH3 is 1. The van der Waals surface area contributed by atoms with E-state index in [1.165, 1.54) is 7.11 Å². The van der Waals surface area contributed by atoms with Crippen molar-refractivity contribution in [2.24, 2.45) is 5.92 Å². The molecule has 1 atom stereocenters. The Labute approximate surface area is 109 Å². The van der Waals surface area contributed by atoms with Crippen molar-refractivity contribution < 1.29 is 14.3 Å². The van der Waals surface area contributed by atoms with Crippen molar-refractivity contribution in [2.45, 2.75) is 39.2 Å². The van der Waals surface area contributed by atoms with Crippen molar-refractivity contribution >= 4 is 11.9 Å². The van der Waals surface area contributed by atoms with Gasteiger partial charge in [-0.25, -0.2) is 0 Å². The molecule has 5 nitrogen and oxygen atoms in total. The molecular formula is C13H24N2O3. The molecule has 1 saturated heterocycles. The molecule has 0 aromatic carbocycles. The van der Waals surface area contributed by atoms with E-state index in [1.54, 1.807) is 0 Å². The second kappa shape index (κ2) is 7.36. The molecule has 0 radical (unpaired) electrons. The van der Waals surface area contributed by atoms with Crippen molar-refractivity contribution in [3.05, 3.63) is 0 Å². The van der Waals surface area contributed by atoms with Crippen molar-refractivity contribution in [2.75, 3.05) is 26.7 Å². The maximum Gasteiger partial charge on any atom is 0.323 e. The molecule has 0 aromatic heterocycles. The van der Waals surface area contributed by atoms with Crippen molar-refractivity contribution in [3.8, 4) is 0 Å². The molecule has 1 amide bonds. The number of likely N-dealkylation sites (tertiary alicyclic amines) is 1. The molecule has 0 spiro atoms. The number of carbonyl (C=O) groups is 2. The number of nitrogens with one attached hydrogen (secondary N) is 1.